The van der Waals surface area contributed by atoms with Crippen LogP contribution in [0.4, 0.5) is 0 Å². The van der Waals surface area contributed by atoms with Gasteiger partial charge in [-0.2, -0.15) is 0 Å². The minimum absolute atomic E-state index is 0.561. The van der Waals surface area contributed by atoms with Crippen LogP contribution < -0.4 is 4.57 Å². The zero-order valence-electron chi connectivity index (χ0n) is 14.3. The molecule has 1 nitrogen and oxygen atoms in total. The number of rotatable bonds is 4. The minimum Gasteiger partial charge on any atom is -0.201 e. The van der Waals surface area contributed by atoms with E-state index in [1.807, 2.05) is 0 Å². The molecule has 0 aliphatic rings. The van der Waals surface area contributed by atoms with E-state index >= 15 is 0 Å². The second kappa shape index (κ2) is 6.43. The number of aromatic nitrogens is 1. The van der Waals surface area contributed by atoms with Crippen molar-refractivity contribution in [1.82, 2.24) is 0 Å². The molecule has 0 fully saturated rings. The summed E-state index contributed by atoms with van der Waals surface area (Å²) in [6.07, 6.45) is 3.32. The summed E-state index contributed by atoms with van der Waals surface area (Å²) in [7, 11) is 2.13. The predicted octanol–water partition coefficient (Wildman–Crippen LogP) is 4.81. The molecule has 1 heteroatoms. The molecule has 0 bridgehead atoms. The van der Waals surface area contributed by atoms with Crippen molar-refractivity contribution in [2.75, 3.05) is 0 Å². The van der Waals surface area contributed by atoms with E-state index in [1.54, 1.807) is 0 Å². The van der Waals surface area contributed by atoms with Crippen LogP contribution >= 0.6 is 0 Å². The second-order valence-corrected chi connectivity index (χ2v) is 6.86. The highest BCUT2D eigenvalue weighted by molar-refractivity contribution is 5.62. The van der Waals surface area contributed by atoms with Crippen LogP contribution in [0, 0.1) is 12.8 Å². The van der Waals surface area contributed by atoms with E-state index in [9.17, 15) is 0 Å². The predicted molar refractivity (Wildman–Crippen MR) is 90.4 cm³/mol. The average molecular weight is 282 g/mol. The lowest BCUT2D eigenvalue weighted by Gasteiger charge is -2.11. The Hall–Kier alpha value is -1.63. The molecule has 0 saturated carbocycles. The molecule has 0 N–H and O–H groups in total. The standard InChI is InChI=1S/C20H28N/c1-14(2)11-17-7-8-19(16(5)12-17)20-13-18(15(3)4)9-10-21(20)6/h7-10,12-15H,11H2,1-6H3/q+1. The molecule has 21 heavy (non-hydrogen) atoms. The van der Waals surface area contributed by atoms with Crippen molar-refractivity contribution in [1.29, 1.82) is 0 Å². The maximum absolute atomic E-state index is 2.34. The molecule has 112 valence electrons. The third kappa shape index (κ3) is 3.72. The smallest absolute Gasteiger partial charge is 0.201 e. The summed E-state index contributed by atoms with van der Waals surface area (Å²) < 4.78 is 2.22. The van der Waals surface area contributed by atoms with Crippen molar-refractivity contribution in [3.63, 3.8) is 0 Å². The van der Waals surface area contributed by atoms with E-state index in [2.05, 4.69) is 82.8 Å². The van der Waals surface area contributed by atoms with Crippen molar-refractivity contribution < 1.29 is 4.57 Å². The zero-order valence-corrected chi connectivity index (χ0v) is 14.3. The Morgan fingerprint density at radius 2 is 1.71 bits per heavy atom. The Morgan fingerprint density at radius 3 is 2.29 bits per heavy atom. The van der Waals surface area contributed by atoms with Gasteiger partial charge in [-0.25, -0.2) is 4.57 Å². The number of benzene rings is 1. The molecule has 1 heterocycles. The van der Waals surface area contributed by atoms with Crippen molar-refractivity contribution in [2.24, 2.45) is 13.0 Å². The van der Waals surface area contributed by atoms with Crippen LogP contribution in [0.25, 0.3) is 11.3 Å². The molecule has 0 aliphatic heterocycles. The van der Waals surface area contributed by atoms with Crippen molar-refractivity contribution in [2.45, 2.75) is 47.0 Å². The van der Waals surface area contributed by atoms with Crippen molar-refractivity contribution >= 4 is 0 Å². The molecule has 0 saturated heterocycles. The number of hydrogen-bond donors (Lipinski definition) is 0. The van der Waals surface area contributed by atoms with E-state index in [0.717, 1.165) is 6.42 Å². The number of nitrogens with zero attached hydrogens (tertiary/aromatic N) is 1. The Bertz CT molecular complexity index is 624. The summed E-state index contributed by atoms with van der Waals surface area (Å²) in [5, 5.41) is 0. The summed E-state index contributed by atoms with van der Waals surface area (Å²) >= 11 is 0. The van der Waals surface area contributed by atoms with Gasteiger partial charge in [0.2, 0.25) is 5.69 Å². The maximum Gasteiger partial charge on any atom is 0.212 e. The van der Waals surface area contributed by atoms with Crippen LogP contribution in [0.5, 0.6) is 0 Å². The number of hydrogen-bond acceptors (Lipinski definition) is 0. The highest BCUT2D eigenvalue weighted by Crippen LogP contribution is 2.25. The van der Waals surface area contributed by atoms with E-state index in [1.165, 1.54) is 27.9 Å². The van der Waals surface area contributed by atoms with Gasteiger partial charge >= 0.3 is 0 Å². The van der Waals surface area contributed by atoms with Crippen LogP contribution in [0.1, 0.15) is 50.3 Å². The Labute approximate surface area is 129 Å². The summed E-state index contributed by atoms with van der Waals surface area (Å²) in [5.74, 6) is 1.26. The lowest BCUT2D eigenvalue weighted by molar-refractivity contribution is -0.660. The molecule has 2 aromatic rings. The molecular weight excluding hydrogens is 254 g/mol. The van der Waals surface area contributed by atoms with Gasteiger partial charge < -0.3 is 0 Å². The Kier molecular flexibility index (Phi) is 4.82. The zero-order chi connectivity index (χ0) is 15.6. The minimum atomic E-state index is 0.561. The fourth-order valence-electron chi connectivity index (χ4n) is 2.82. The molecule has 2 rings (SSSR count). The van der Waals surface area contributed by atoms with Gasteiger partial charge in [0.05, 0.1) is 0 Å². The van der Waals surface area contributed by atoms with Gasteiger partial charge in [-0.15, -0.1) is 0 Å². The largest absolute Gasteiger partial charge is 0.212 e. The molecule has 0 radical (unpaired) electrons. The third-order valence-electron chi connectivity index (χ3n) is 4.05. The molecule has 1 aromatic carbocycles. The maximum atomic E-state index is 2.34. The third-order valence-corrected chi connectivity index (χ3v) is 4.05. The van der Waals surface area contributed by atoms with Crippen LogP contribution in [0.3, 0.4) is 0 Å². The van der Waals surface area contributed by atoms with Crippen molar-refractivity contribution in [3.05, 3.63) is 53.2 Å². The SMILES string of the molecule is Cc1cc(CC(C)C)ccc1-c1cc(C(C)C)cc[n+]1C. The highest BCUT2D eigenvalue weighted by atomic mass is 14.9. The van der Waals surface area contributed by atoms with Crippen LogP contribution in [-0.2, 0) is 13.5 Å². The molecule has 0 atom stereocenters. The molecule has 0 amide bonds. The Balaban J connectivity index is 2.44. The first-order valence-electron chi connectivity index (χ1n) is 7.98. The lowest BCUT2D eigenvalue weighted by Crippen LogP contribution is -2.30. The lowest BCUT2D eigenvalue weighted by atomic mass is 9.95. The van der Waals surface area contributed by atoms with Gasteiger partial charge in [-0.05, 0) is 47.9 Å². The normalized spacial score (nSPS) is 11.4. The summed E-state index contributed by atoms with van der Waals surface area (Å²) in [6, 6.07) is 11.5. The average Bonchev–Trinajstić information content (AvgIpc) is 2.39. The summed E-state index contributed by atoms with van der Waals surface area (Å²) in [5.41, 5.74) is 6.84. The topological polar surface area (TPSA) is 3.88 Å². The van der Waals surface area contributed by atoms with Gasteiger partial charge in [0.1, 0.15) is 7.05 Å². The quantitative estimate of drug-likeness (QED) is 0.709. The fourth-order valence-corrected chi connectivity index (χ4v) is 2.82. The van der Waals surface area contributed by atoms with Gasteiger partial charge in [0, 0.05) is 17.7 Å². The monoisotopic (exact) mass is 282 g/mol. The number of pyridine rings is 1. The first kappa shape index (κ1) is 15.8. The van der Waals surface area contributed by atoms with E-state index in [-0.39, 0.29) is 0 Å². The molecule has 1 aromatic heterocycles. The van der Waals surface area contributed by atoms with Gasteiger partial charge in [0.25, 0.3) is 0 Å². The summed E-state index contributed by atoms with van der Waals surface area (Å²) in [4.78, 5) is 0. The van der Waals surface area contributed by atoms with Gasteiger partial charge in [0.15, 0.2) is 6.20 Å². The van der Waals surface area contributed by atoms with Crippen LogP contribution in [-0.4, -0.2) is 0 Å². The van der Waals surface area contributed by atoms with E-state index in [0.29, 0.717) is 11.8 Å². The first-order valence-corrected chi connectivity index (χ1v) is 7.98. The van der Waals surface area contributed by atoms with Crippen molar-refractivity contribution in [3.8, 4) is 11.3 Å². The Morgan fingerprint density at radius 1 is 1.00 bits per heavy atom. The van der Waals surface area contributed by atoms with E-state index < -0.39 is 0 Å². The number of aryl methyl sites for hydroxylation is 2. The molecular formula is C20H28N+. The first-order chi connectivity index (χ1) is 9.88. The van der Waals surface area contributed by atoms with Crippen LogP contribution in [0.2, 0.25) is 0 Å². The molecule has 0 spiro atoms. The molecule has 0 unspecified atom stereocenters. The van der Waals surface area contributed by atoms with Gasteiger partial charge in [-0.3, -0.25) is 0 Å². The highest BCUT2D eigenvalue weighted by Gasteiger charge is 2.15. The fraction of sp³-hybridized carbons (Fsp3) is 0.450. The van der Waals surface area contributed by atoms with Gasteiger partial charge in [-0.1, -0.05) is 39.8 Å². The van der Waals surface area contributed by atoms with Crippen LogP contribution in [0.15, 0.2) is 36.5 Å². The van der Waals surface area contributed by atoms with E-state index in [4.69, 9.17) is 0 Å². The molecule has 0 aliphatic carbocycles. The summed E-state index contributed by atoms with van der Waals surface area (Å²) in [6.45, 7) is 11.3. The second-order valence-electron chi connectivity index (χ2n) is 6.86.